The molecule has 0 aliphatic rings. The van der Waals surface area contributed by atoms with Crippen molar-refractivity contribution in [3.8, 4) is 5.75 Å². The van der Waals surface area contributed by atoms with E-state index >= 15 is 0 Å². The van der Waals surface area contributed by atoms with Crippen LogP contribution in [-0.4, -0.2) is 19.5 Å². The zero-order valence-corrected chi connectivity index (χ0v) is 7.88. The van der Waals surface area contributed by atoms with Gasteiger partial charge in [0.2, 0.25) is 0 Å². The van der Waals surface area contributed by atoms with Crippen molar-refractivity contribution in [2.24, 2.45) is 5.10 Å². The standard InChI is InChI=1S/C9H9F3N2O/c1-15-8-4-2-7(3-5-8)14-13-6-9(10,11)12/h2-6,14H,1H3/b13-6+. The van der Waals surface area contributed by atoms with Gasteiger partial charge in [0.15, 0.2) is 0 Å². The summed E-state index contributed by atoms with van der Waals surface area (Å²) in [7, 11) is 1.50. The Hall–Kier alpha value is -1.72. The molecule has 0 bridgehead atoms. The van der Waals surface area contributed by atoms with Gasteiger partial charge >= 0.3 is 6.18 Å². The SMILES string of the molecule is COc1ccc(N/N=C/C(F)(F)F)cc1. The maximum Gasteiger partial charge on any atom is 0.428 e. The summed E-state index contributed by atoms with van der Waals surface area (Å²) in [5.74, 6) is 0.625. The summed E-state index contributed by atoms with van der Waals surface area (Å²) in [6.45, 7) is 0. The Balaban J connectivity index is 2.55. The van der Waals surface area contributed by atoms with E-state index in [0.717, 1.165) is 0 Å². The van der Waals surface area contributed by atoms with Crippen molar-refractivity contribution < 1.29 is 17.9 Å². The molecule has 0 aliphatic heterocycles. The van der Waals surface area contributed by atoms with Crippen LogP contribution in [0.5, 0.6) is 5.75 Å². The van der Waals surface area contributed by atoms with Gasteiger partial charge in [-0.15, -0.1) is 0 Å². The predicted octanol–water partition coefficient (Wildman–Crippen LogP) is 2.66. The van der Waals surface area contributed by atoms with Gasteiger partial charge in [0, 0.05) is 0 Å². The molecule has 82 valence electrons. The van der Waals surface area contributed by atoms with Crippen LogP contribution in [0.2, 0.25) is 0 Å². The van der Waals surface area contributed by atoms with E-state index in [1.54, 1.807) is 24.3 Å². The summed E-state index contributed by atoms with van der Waals surface area (Å²) in [5.41, 5.74) is 2.70. The van der Waals surface area contributed by atoms with Gasteiger partial charge in [-0.25, -0.2) is 0 Å². The maximum atomic E-state index is 11.7. The van der Waals surface area contributed by atoms with Gasteiger partial charge in [0.05, 0.1) is 12.8 Å². The molecular formula is C9H9F3N2O. The number of hydrogen-bond donors (Lipinski definition) is 1. The third-order valence-corrected chi connectivity index (χ3v) is 1.49. The van der Waals surface area contributed by atoms with Gasteiger partial charge in [-0.2, -0.15) is 18.3 Å². The molecule has 0 amide bonds. The van der Waals surface area contributed by atoms with E-state index in [1.165, 1.54) is 7.11 Å². The van der Waals surface area contributed by atoms with E-state index in [0.29, 0.717) is 11.4 Å². The van der Waals surface area contributed by atoms with Crippen molar-refractivity contribution in [1.82, 2.24) is 0 Å². The number of halogens is 3. The normalized spacial score (nSPS) is 11.7. The Morgan fingerprint density at radius 2 is 1.87 bits per heavy atom. The third-order valence-electron chi connectivity index (χ3n) is 1.49. The van der Waals surface area contributed by atoms with Gasteiger partial charge in [-0.05, 0) is 24.3 Å². The molecule has 0 saturated carbocycles. The number of hydrazone groups is 1. The molecule has 0 fully saturated rings. The summed E-state index contributed by atoms with van der Waals surface area (Å²) in [6, 6.07) is 6.36. The van der Waals surface area contributed by atoms with Crippen molar-refractivity contribution in [3.05, 3.63) is 24.3 Å². The molecule has 0 aromatic heterocycles. The average molecular weight is 218 g/mol. The molecule has 0 aliphatic carbocycles. The minimum atomic E-state index is -4.40. The zero-order valence-electron chi connectivity index (χ0n) is 7.88. The van der Waals surface area contributed by atoms with Crippen LogP contribution >= 0.6 is 0 Å². The van der Waals surface area contributed by atoms with Crippen LogP contribution in [-0.2, 0) is 0 Å². The number of rotatable bonds is 3. The van der Waals surface area contributed by atoms with Crippen LogP contribution in [0.3, 0.4) is 0 Å². The lowest BCUT2D eigenvalue weighted by molar-refractivity contribution is -0.0536. The molecule has 0 spiro atoms. The first kappa shape index (κ1) is 11.4. The Labute approximate surface area is 84.6 Å². The van der Waals surface area contributed by atoms with Gasteiger partial charge in [-0.1, -0.05) is 0 Å². The van der Waals surface area contributed by atoms with Crippen LogP contribution in [0, 0.1) is 0 Å². The van der Waals surface area contributed by atoms with Crippen LogP contribution in [0.4, 0.5) is 18.9 Å². The molecule has 1 N–H and O–H groups in total. The molecule has 0 saturated heterocycles. The number of ether oxygens (including phenoxy) is 1. The fourth-order valence-corrected chi connectivity index (χ4v) is 0.846. The fourth-order valence-electron chi connectivity index (χ4n) is 0.846. The number of anilines is 1. The summed E-state index contributed by atoms with van der Waals surface area (Å²) < 4.78 is 39.9. The smallest absolute Gasteiger partial charge is 0.428 e. The monoisotopic (exact) mass is 218 g/mol. The number of methoxy groups -OCH3 is 1. The molecule has 6 heteroatoms. The highest BCUT2D eigenvalue weighted by Gasteiger charge is 2.23. The fraction of sp³-hybridized carbons (Fsp3) is 0.222. The van der Waals surface area contributed by atoms with Gasteiger partial charge in [0.1, 0.15) is 12.0 Å². The molecule has 3 nitrogen and oxygen atoms in total. The van der Waals surface area contributed by atoms with Gasteiger partial charge in [0.25, 0.3) is 0 Å². The molecular weight excluding hydrogens is 209 g/mol. The minimum absolute atomic E-state index is 0.114. The average Bonchev–Trinajstić information content (AvgIpc) is 2.17. The minimum Gasteiger partial charge on any atom is -0.497 e. The van der Waals surface area contributed by atoms with Crippen molar-refractivity contribution in [2.75, 3.05) is 12.5 Å². The Kier molecular flexibility index (Phi) is 3.54. The topological polar surface area (TPSA) is 33.6 Å². The van der Waals surface area contributed by atoms with Gasteiger partial charge < -0.3 is 4.74 Å². The van der Waals surface area contributed by atoms with Crippen LogP contribution < -0.4 is 10.2 Å². The maximum absolute atomic E-state index is 11.7. The number of nitrogens with zero attached hydrogens (tertiary/aromatic N) is 1. The predicted molar refractivity (Wildman–Crippen MR) is 51.2 cm³/mol. The number of nitrogens with one attached hydrogen (secondary N) is 1. The number of alkyl halides is 3. The van der Waals surface area contributed by atoms with E-state index < -0.39 is 6.18 Å². The number of hydrogen-bond acceptors (Lipinski definition) is 3. The second-order valence-electron chi connectivity index (χ2n) is 2.64. The van der Waals surface area contributed by atoms with E-state index in [-0.39, 0.29) is 6.21 Å². The molecule has 0 atom stereocenters. The van der Waals surface area contributed by atoms with Crippen molar-refractivity contribution >= 4 is 11.9 Å². The first-order valence-corrected chi connectivity index (χ1v) is 4.02. The van der Waals surface area contributed by atoms with E-state index in [2.05, 4.69) is 10.5 Å². The highest BCUT2D eigenvalue weighted by atomic mass is 19.4. The summed E-state index contributed by atoms with van der Waals surface area (Å²) >= 11 is 0. The highest BCUT2D eigenvalue weighted by Crippen LogP contribution is 2.15. The van der Waals surface area contributed by atoms with Crippen LogP contribution in [0.25, 0.3) is 0 Å². The Bertz CT molecular complexity index is 332. The van der Waals surface area contributed by atoms with Crippen LogP contribution in [0.15, 0.2) is 29.4 Å². The first-order chi connectivity index (χ1) is 7.01. The second-order valence-corrected chi connectivity index (χ2v) is 2.64. The number of benzene rings is 1. The third kappa shape index (κ3) is 4.35. The lowest BCUT2D eigenvalue weighted by atomic mass is 10.3. The van der Waals surface area contributed by atoms with Crippen LogP contribution in [0.1, 0.15) is 0 Å². The summed E-state index contributed by atoms with van der Waals surface area (Å²) in [6.07, 6.45) is -4.52. The lowest BCUT2D eigenvalue weighted by Gasteiger charge is -2.02. The second kappa shape index (κ2) is 4.68. The molecule has 0 radical (unpaired) electrons. The lowest BCUT2D eigenvalue weighted by Crippen LogP contribution is -2.09. The molecule has 0 heterocycles. The van der Waals surface area contributed by atoms with Crippen molar-refractivity contribution in [2.45, 2.75) is 6.18 Å². The first-order valence-electron chi connectivity index (χ1n) is 4.02. The zero-order chi connectivity index (χ0) is 11.3. The van der Waals surface area contributed by atoms with E-state index in [9.17, 15) is 13.2 Å². The molecule has 1 aromatic rings. The summed E-state index contributed by atoms with van der Waals surface area (Å²) in [4.78, 5) is 0. The van der Waals surface area contributed by atoms with Crippen molar-refractivity contribution in [1.29, 1.82) is 0 Å². The molecule has 1 rings (SSSR count). The molecule has 1 aromatic carbocycles. The summed E-state index contributed by atoms with van der Waals surface area (Å²) in [5, 5.41) is 3.03. The quantitative estimate of drug-likeness (QED) is 0.625. The van der Waals surface area contributed by atoms with E-state index in [4.69, 9.17) is 4.74 Å². The largest absolute Gasteiger partial charge is 0.497 e. The van der Waals surface area contributed by atoms with E-state index in [1.807, 2.05) is 0 Å². The Morgan fingerprint density at radius 1 is 1.27 bits per heavy atom. The van der Waals surface area contributed by atoms with Gasteiger partial charge in [-0.3, -0.25) is 5.43 Å². The molecule has 15 heavy (non-hydrogen) atoms. The highest BCUT2D eigenvalue weighted by molar-refractivity contribution is 5.65. The van der Waals surface area contributed by atoms with Crippen molar-refractivity contribution in [3.63, 3.8) is 0 Å². The molecule has 0 unspecified atom stereocenters. The Morgan fingerprint density at radius 3 is 2.33 bits per heavy atom.